The number of hydrogen-bond acceptors (Lipinski definition) is 3. The molecule has 0 spiro atoms. The van der Waals surface area contributed by atoms with Gasteiger partial charge in [-0.2, -0.15) is 0 Å². The van der Waals surface area contributed by atoms with Crippen molar-refractivity contribution in [2.45, 2.75) is 109 Å². The number of rotatable bonds is 5. The van der Waals surface area contributed by atoms with Crippen molar-refractivity contribution >= 4 is 7.12 Å². The molecule has 1 aromatic rings. The van der Waals surface area contributed by atoms with Gasteiger partial charge in [0.25, 0.3) is 0 Å². The van der Waals surface area contributed by atoms with E-state index in [4.69, 9.17) is 14.0 Å². The maximum Gasteiger partial charge on any atom is 0.469 e. The Morgan fingerprint density at radius 3 is 2.43 bits per heavy atom. The molecular formula is C26H39BO3. The molecular weight excluding hydrogens is 371 g/mol. The van der Waals surface area contributed by atoms with Gasteiger partial charge in [0.1, 0.15) is 0 Å². The number of ether oxygens (including phenoxy) is 1. The van der Waals surface area contributed by atoms with Crippen LogP contribution >= 0.6 is 0 Å². The Morgan fingerprint density at radius 1 is 1.07 bits per heavy atom. The Kier molecular flexibility index (Phi) is 5.98. The molecule has 0 radical (unpaired) electrons. The molecule has 30 heavy (non-hydrogen) atoms. The van der Waals surface area contributed by atoms with E-state index in [0.29, 0.717) is 5.92 Å². The third-order valence-electron chi connectivity index (χ3n) is 8.13. The van der Waals surface area contributed by atoms with Crippen LogP contribution in [0, 0.1) is 5.92 Å². The Labute approximate surface area is 183 Å². The van der Waals surface area contributed by atoms with E-state index in [-0.39, 0.29) is 35.8 Å². The van der Waals surface area contributed by atoms with Crippen molar-refractivity contribution in [1.82, 2.24) is 0 Å². The molecule has 2 fully saturated rings. The van der Waals surface area contributed by atoms with Crippen LogP contribution in [-0.2, 0) is 25.8 Å². The van der Waals surface area contributed by atoms with Gasteiger partial charge in [-0.3, -0.25) is 0 Å². The highest BCUT2D eigenvalue weighted by Crippen LogP contribution is 2.56. The predicted molar refractivity (Wildman–Crippen MR) is 124 cm³/mol. The molecule has 2 heterocycles. The van der Waals surface area contributed by atoms with Crippen LogP contribution in [0.25, 0.3) is 0 Å². The summed E-state index contributed by atoms with van der Waals surface area (Å²) in [6, 6.07) is 8.99. The molecule has 2 aliphatic heterocycles. The number of hydrogen-bond donors (Lipinski definition) is 0. The molecule has 1 aliphatic carbocycles. The fourth-order valence-corrected chi connectivity index (χ4v) is 5.69. The Morgan fingerprint density at radius 2 is 1.77 bits per heavy atom. The summed E-state index contributed by atoms with van der Waals surface area (Å²) in [7, 11) is -0.256. The number of unbranched alkanes of at least 4 members (excludes halogenated alkanes) is 1. The van der Waals surface area contributed by atoms with E-state index in [9.17, 15) is 0 Å². The standard InChI is InChI=1S/C26H39BO3/c1-7-9-10-15-23-22-17-16-19-13-11-12-14-21(19)26(22,18-20(8-2)28-23)27-29-24(3,4)25(5,6)30-27/h10-15,20,22-23H,7-9,16-18H2,1-6H3/b15-10+/t20-,22+,23+,26+/m1/s1. The monoisotopic (exact) mass is 410 g/mol. The highest BCUT2D eigenvalue weighted by molar-refractivity contribution is 6.50. The van der Waals surface area contributed by atoms with Gasteiger partial charge in [-0.15, -0.1) is 0 Å². The first-order valence-electron chi connectivity index (χ1n) is 12.0. The van der Waals surface area contributed by atoms with Crippen molar-refractivity contribution in [2.24, 2.45) is 5.92 Å². The third-order valence-corrected chi connectivity index (χ3v) is 8.13. The average molecular weight is 410 g/mol. The molecule has 164 valence electrons. The Bertz CT molecular complexity index is 770. The predicted octanol–water partition coefficient (Wildman–Crippen LogP) is 6.04. The van der Waals surface area contributed by atoms with Crippen molar-refractivity contribution in [3.63, 3.8) is 0 Å². The summed E-state index contributed by atoms with van der Waals surface area (Å²) in [6.07, 6.45) is 11.4. The van der Waals surface area contributed by atoms with Gasteiger partial charge < -0.3 is 14.0 Å². The first kappa shape index (κ1) is 22.1. The van der Waals surface area contributed by atoms with Crippen LogP contribution in [0.5, 0.6) is 0 Å². The van der Waals surface area contributed by atoms with Crippen LogP contribution in [0.2, 0.25) is 0 Å². The zero-order valence-electron chi connectivity index (χ0n) is 19.7. The van der Waals surface area contributed by atoms with Crippen LogP contribution in [0.4, 0.5) is 0 Å². The first-order valence-corrected chi connectivity index (χ1v) is 12.0. The van der Waals surface area contributed by atoms with Crippen molar-refractivity contribution in [1.29, 1.82) is 0 Å². The fourth-order valence-electron chi connectivity index (χ4n) is 5.69. The summed E-state index contributed by atoms with van der Waals surface area (Å²) < 4.78 is 20.2. The van der Waals surface area contributed by atoms with E-state index in [1.54, 1.807) is 0 Å². The number of allylic oxidation sites excluding steroid dienone is 1. The zero-order chi connectivity index (χ0) is 21.6. The van der Waals surface area contributed by atoms with E-state index < -0.39 is 0 Å². The van der Waals surface area contributed by atoms with Gasteiger partial charge in [-0.1, -0.05) is 56.7 Å². The molecule has 0 bridgehead atoms. The highest BCUT2D eigenvalue weighted by Gasteiger charge is 2.66. The maximum atomic E-state index is 6.79. The van der Waals surface area contributed by atoms with Crippen LogP contribution in [0.1, 0.15) is 84.8 Å². The van der Waals surface area contributed by atoms with Gasteiger partial charge in [0.2, 0.25) is 0 Å². The summed E-state index contributed by atoms with van der Waals surface area (Å²) >= 11 is 0. The smallest absolute Gasteiger partial charge is 0.403 e. The highest BCUT2D eigenvalue weighted by atomic mass is 16.7. The minimum Gasteiger partial charge on any atom is -0.403 e. The van der Waals surface area contributed by atoms with Crippen LogP contribution in [-0.4, -0.2) is 30.5 Å². The van der Waals surface area contributed by atoms with Crippen LogP contribution < -0.4 is 0 Å². The summed E-state index contributed by atoms with van der Waals surface area (Å²) in [6.45, 7) is 13.1. The van der Waals surface area contributed by atoms with Gasteiger partial charge in [-0.25, -0.2) is 0 Å². The quantitative estimate of drug-likeness (QED) is 0.437. The second-order valence-corrected chi connectivity index (χ2v) is 10.5. The molecule has 4 atom stereocenters. The van der Waals surface area contributed by atoms with Gasteiger partial charge in [0, 0.05) is 5.31 Å². The Balaban J connectivity index is 1.84. The molecule has 0 saturated carbocycles. The normalized spacial score (nSPS) is 34.7. The molecule has 0 aromatic heterocycles. The first-order chi connectivity index (χ1) is 14.2. The molecule has 4 heteroatoms. The Hall–Kier alpha value is -1.10. The van der Waals surface area contributed by atoms with Crippen molar-refractivity contribution in [3.8, 4) is 0 Å². The summed E-state index contributed by atoms with van der Waals surface area (Å²) in [5.74, 6) is 0.359. The average Bonchev–Trinajstić information content (AvgIpc) is 2.95. The molecule has 1 aromatic carbocycles. The topological polar surface area (TPSA) is 27.7 Å². The lowest BCUT2D eigenvalue weighted by atomic mass is 9.41. The number of aryl methyl sites for hydroxylation is 1. The van der Waals surface area contributed by atoms with Crippen molar-refractivity contribution in [3.05, 3.63) is 47.5 Å². The largest absolute Gasteiger partial charge is 0.469 e. The van der Waals surface area contributed by atoms with E-state index in [1.165, 1.54) is 11.1 Å². The molecule has 3 nitrogen and oxygen atoms in total. The summed E-state index contributed by atoms with van der Waals surface area (Å²) in [5, 5.41) is -0.181. The third kappa shape index (κ3) is 3.49. The van der Waals surface area contributed by atoms with Crippen molar-refractivity contribution in [2.75, 3.05) is 0 Å². The number of benzene rings is 1. The van der Waals surface area contributed by atoms with Gasteiger partial charge in [-0.05, 0) is 76.8 Å². The molecule has 4 rings (SSSR count). The minimum atomic E-state index is -0.336. The van der Waals surface area contributed by atoms with E-state index in [0.717, 1.165) is 38.5 Å². The summed E-state index contributed by atoms with van der Waals surface area (Å²) in [5.41, 5.74) is 2.21. The second kappa shape index (κ2) is 8.11. The molecule has 3 aliphatic rings. The molecule has 0 unspecified atom stereocenters. The van der Waals surface area contributed by atoms with Gasteiger partial charge >= 0.3 is 7.12 Å². The van der Waals surface area contributed by atoms with Crippen LogP contribution in [0.3, 0.4) is 0 Å². The lowest BCUT2D eigenvalue weighted by Gasteiger charge is -2.54. The minimum absolute atomic E-state index is 0.114. The van der Waals surface area contributed by atoms with Crippen LogP contribution in [0.15, 0.2) is 36.4 Å². The number of fused-ring (bicyclic) bond motifs is 3. The molecule has 0 N–H and O–H groups in total. The lowest BCUT2D eigenvalue weighted by Crippen LogP contribution is -2.61. The summed E-state index contributed by atoms with van der Waals surface area (Å²) in [4.78, 5) is 0. The fraction of sp³-hybridized carbons (Fsp3) is 0.692. The van der Waals surface area contributed by atoms with E-state index in [1.807, 2.05) is 0 Å². The van der Waals surface area contributed by atoms with E-state index >= 15 is 0 Å². The van der Waals surface area contributed by atoms with Crippen molar-refractivity contribution < 1.29 is 14.0 Å². The van der Waals surface area contributed by atoms with Gasteiger partial charge in [0.15, 0.2) is 0 Å². The van der Waals surface area contributed by atoms with Gasteiger partial charge in [0.05, 0.1) is 23.4 Å². The zero-order valence-corrected chi connectivity index (χ0v) is 19.7. The molecule has 0 amide bonds. The maximum absolute atomic E-state index is 6.79. The SMILES string of the molecule is CCC/C=C/[C@@H]1O[C@H](CC)C[C@]2(B3OC(C)(C)C(C)(C)O3)c3ccccc3CC[C@@H]12. The van der Waals surface area contributed by atoms with E-state index in [2.05, 4.69) is 78.0 Å². The lowest BCUT2D eigenvalue weighted by molar-refractivity contribution is -0.0934. The second-order valence-electron chi connectivity index (χ2n) is 10.5. The molecule has 2 saturated heterocycles.